The minimum absolute atomic E-state index is 0.0408. The average Bonchev–Trinajstić information content (AvgIpc) is 3.25. The summed E-state index contributed by atoms with van der Waals surface area (Å²) in [5, 5.41) is 11.1. The van der Waals surface area contributed by atoms with Crippen LogP contribution >= 0.6 is 34.7 Å². The van der Waals surface area contributed by atoms with E-state index >= 15 is 0 Å². The van der Waals surface area contributed by atoms with Gasteiger partial charge in [-0.05, 0) is 48.7 Å². The number of benzene rings is 2. The van der Waals surface area contributed by atoms with Crippen LogP contribution in [0.5, 0.6) is 11.5 Å². The number of fused-ring (bicyclic) bond motifs is 1. The van der Waals surface area contributed by atoms with E-state index in [0.717, 1.165) is 4.31 Å². The molecule has 0 radical (unpaired) electrons. The zero-order valence-corrected chi connectivity index (χ0v) is 20.0. The number of rotatable bonds is 6. The van der Waals surface area contributed by atoms with Crippen molar-refractivity contribution in [2.45, 2.75) is 15.3 Å². The first-order valence-corrected chi connectivity index (χ1v) is 13.0. The molecule has 1 aromatic heterocycles. The van der Waals surface area contributed by atoms with E-state index in [1.807, 2.05) is 6.26 Å². The first-order valence-electron chi connectivity index (χ1n) is 9.13. The van der Waals surface area contributed by atoms with E-state index in [2.05, 4.69) is 15.5 Å². The largest absolute Gasteiger partial charge is 0.497 e. The van der Waals surface area contributed by atoms with Crippen LogP contribution in [-0.2, 0) is 14.8 Å². The number of halogens is 1. The standard InChI is InChI=1S/C19H17ClN4O5S3/c1-28-12-4-6-13(7-5-12)32(26,27)24-10-16(29-15-8-3-11(20)9-14(15)24)17(25)21-18-22-23-19(30-2)31-18/h3-9,16H,10H2,1-2H3,(H,21,22,25)/t16-/m1/s1. The first kappa shape index (κ1) is 22.6. The van der Waals surface area contributed by atoms with Gasteiger partial charge in [-0.25, -0.2) is 8.42 Å². The number of aromatic nitrogens is 2. The molecule has 0 aliphatic carbocycles. The number of amides is 1. The van der Waals surface area contributed by atoms with Gasteiger partial charge in [-0.15, -0.1) is 10.2 Å². The lowest BCUT2D eigenvalue weighted by Gasteiger charge is -2.34. The van der Waals surface area contributed by atoms with Crippen molar-refractivity contribution in [3.8, 4) is 11.5 Å². The van der Waals surface area contributed by atoms with Crippen LogP contribution in [-0.4, -0.2) is 50.5 Å². The van der Waals surface area contributed by atoms with Gasteiger partial charge in [0.05, 0.1) is 24.2 Å². The molecule has 0 unspecified atom stereocenters. The zero-order valence-electron chi connectivity index (χ0n) is 16.8. The second kappa shape index (κ2) is 9.14. The number of thioether (sulfide) groups is 1. The highest BCUT2D eigenvalue weighted by Gasteiger charge is 2.38. The van der Waals surface area contributed by atoms with Crippen LogP contribution in [0.15, 0.2) is 51.7 Å². The van der Waals surface area contributed by atoms with Crippen LogP contribution in [0.2, 0.25) is 5.02 Å². The maximum Gasteiger partial charge on any atom is 0.269 e. The number of carbonyl (C=O) groups excluding carboxylic acids is 1. The SMILES string of the molecule is COc1ccc(S(=O)(=O)N2C[C@H](C(=O)Nc3nnc(SC)s3)Oc3ccc(Cl)cc32)cc1. The number of hydrogen-bond donors (Lipinski definition) is 1. The number of nitrogens with zero attached hydrogens (tertiary/aromatic N) is 3. The maximum atomic E-state index is 13.5. The average molecular weight is 513 g/mol. The summed E-state index contributed by atoms with van der Waals surface area (Å²) in [7, 11) is -2.53. The van der Waals surface area contributed by atoms with Gasteiger partial charge in [0.2, 0.25) is 5.13 Å². The summed E-state index contributed by atoms with van der Waals surface area (Å²) in [6, 6.07) is 10.6. The summed E-state index contributed by atoms with van der Waals surface area (Å²) in [6.07, 6.45) is 0.735. The molecule has 1 aliphatic rings. The lowest BCUT2D eigenvalue weighted by atomic mass is 10.2. The van der Waals surface area contributed by atoms with Crippen LogP contribution in [0, 0.1) is 0 Å². The topological polar surface area (TPSA) is 111 Å². The van der Waals surface area contributed by atoms with Crippen molar-refractivity contribution < 1.29 is 22.7 Å². The second-order valence-electron chi connectivity index (χ2n) is 6.50. The molecule has 3 aromatic rings. The van der Waals surface area contributed by atoms with Gasteiger partial charge in [0.15, 0.2) is 10.4 Å². The summed E-state index contributed by atoms with van der Waals surface area (Å²) < 4.78 is 39.6. The normalized spacial score (nSPS) is 15.6. The molecule has 2 heterocycles. The predicted molar refractivity (Wildman–Crippen MR) is 124 cm³/mol. The van der Waals surface area contributed by atoms with Crippen molar-refractivity contribution in [2.24, 2.45) is 0 Å². The Bertz CT molecular complexity index is 1250. The van der Waals surface area contributed by atoms with Crippen molar-refractivity contribution in [1.82, 2.24) is 10.2 Å². The van der Waals surface area contributed by atoms with E-state index in [1.165, 1.54) is 54.5 Å². The number of nitrogens with one attached hydrogen (secondary N) is 1. The van der Waals surface area contributed by atoms with Crippen molar-refractivity contribution in [1.29, 1.82) is 0 Å². The summed E-state index contributed by atoms with van der Waals surface area (Å²) in [4.78, 5) is 12.9. The molecule has 1 amide bonds. The highest BCUT2D eigenvalue weighted by atomic mass is 35.5. The predicted octanol–water partition coefficient (Wildman–Crippen LogP) is 3.52. The smallest absolute Gasteiger partial charge is 0.269 e. The highest BCUT2D eigenvalue weighted by molar-refractivity contribution is 8.00. The van der Waals surface area contributed by atoms with Crippen LogP contribution in [0.1, 0.15) is 0 Å². The van der Waals surface area contributed by atoms with Crippen LogP contribution in [0.3, 0.4) is 0 Å². The van der Waals surface area contributed by atoms with Gasteiger partial charge >= 0.3 is 0 Å². The Hall–Kier alpha value is -2.54. The Balaban J connectivity index is 1.67. The van der Waals surface area contributed by atoms with Gasteiger partial charge in [-0.1, -0.05) is 34.7 Å². The second-order valence-corrected chi connectivity index (χ2v) is 10.8. The minimum atomic E-state index is -4.03. The molecule has 1 N–H and O–H groups in total. The Morgan fingerprint density at radius 2 is 2.03 bits per heavy atom. The van der Waals surface area contributed by atoms with Crippen molar-refractivity contribution in [2.75, 3.05) is 29.5 Å². The Labute approximate surface area is 197 Å². The van der Waals surface area contributed by atoms with Gasteiger partial charge in [0.25, 0.3) is 15.9 Å². The zero-order chi connectivity index (χ0) is 22.9. The molecule has 2 aromatic carbocycles. The lowest BCUT2D eigenvalue weighted by molar-refractivity contribution is -0.122. The van der Waals surface area contributed by atoms with Gasteiger partial charge in [0.1, 0.15) is 11.5 Å². The fourth-order valence-corrected chi connectivity index (χ4v) is 5.80. The van der Waals surface area contributed by atoms with Gasteiger partial charge in [0, 0.05) is 5.02 Å². The summed E-state index contributed by atoms with van der Waals surface area (Å²) in [6.45, 7) is -0.248. The molecule has 1 atom stereocenters. The maximum absolute atomic E-state index is 13.5. The molecule has 0 spiro atoms. The molecule has 0 saturated carbocycles. The van der Waals surface area contributed by atoms with Crippen molar-refractivity contribution in [3.63, 3.8) is 0 Å². The molecule has 168 valence electrons. The fourth-order valence-electron chi connectivity index (χ4n) is 2.99. The number of ether oxygens (including phenoxy) is 2. The van der Waals surface area contributed by atoms with E-state index < -0.39 is 22.0 Å². The molecular formula is C19H17ClN4O5S3. The van der Waals surface area contributed by atoms with E-state index in [9.17, 15) is 13.2 Å². The highest BCUT2D eigenvalue weighted by Crippen LogP contribution is 2.39. The number of hydrogen-bond acceptors (Lipinski definition) is 9. The fraction of sp³-hybridized carbons (Fsp3) is 0.211. The number of sulfonamides is 1. The minimum Gasteiger partial charge on any atom is -0.497 e. The Kier molecular flexibility index (Phi) is 6.47. The molecule has 4 rings (SSSR count). The summed E-state index contributed by atoms with van der Waals surface area (Å²) >= 11 is 8.72. The molecule has 32 heavy (non-hydrogen) atoms. The van der Waals surface area contributed by atoms with E-state index in [4.69, 9.17) is 21.1 Å². The Morgan fingerprint density at radius 1 is 1.28 bits per heavy atom. The number of carbonyl (C=O) groups is 1. The van der Waals surface area contributed by atoms with E-state index in [0.29, 0.717) is 20.2 Å². The summed E-state index contributed by atoms with van der Waals surface area (Å²) in [5.74, 6) is 0.206. The third-order valence-corrected chi connectivity index (χ3v) is 8.38. The molecular weight excluding hydrogens is 496 g/mol. The Morgan fingerprint density at radius 3 is 2.69 bits per heavy atom. The van der Waals surface area contributed by atoms with Crippen molar-refractivity contribution >= 4 is 61.4 Å². The third kappa shape index (κ3) is 4.49. The molecule has 1 aliphatic heterocycles. The third-order valence-electron chi connectivity index (χ3n) is 4.54. The van der Waals surface area contributed by atoms with E-state index in [-0.39, 0.29) is 22.9 Å². The summed E-state index contributed by atoms with van der Waals surface area (Å²) in [5.41, 5.74) is 0.248. The van der Waals surface area contributed by atoms with Crippen LogP contribution in [0.25, 0.3) is 0 Å². The number of anilines is 2. The van der Waals surface area contributed by atoms with E-state index in [1.54, 1.807) is 18.2 Å². The van der Waals surface area contributed by atoms with Gasteiger partial charge < -0.3 is 9.47 Å². The van der Waals surface area contributed by atoms with Crippen molar-refractivity contribution in [3.05, 3.63) is 47.5 Å². The molecule has 13 heteroatoms. The molecule has 9 nitrogen and oxygen atoms in total. The first-order chi connectivity index (χ1) is 15.3. The van der Waals surface area contributed by atoms with Gasteiger partial charge in [-0.2, -0.15) is 0 Å². The lowest BCUT2D eigenvalue weighted by Crippen LogP contribution is -2.48. The van der Waals surface area contributed by atoms with Gasteiger partial charge in [-0.3, -0.25) is 14.4 Å². The van der Waals surface area contributed by atoms with Crippen LogP contribution < -0.4 is 19.1 Å². The van der Waals surface area contributed by atoms with Crippen LogP contribution in [0.4, 0.5) is 10.8 Å². The molecule has 0 bridgehead atoms. The monoisotopic (exact) mass is 512 g/mol. The molecule has 0 fully saturated rings. The quantitative estimate of drug-likeness (QED) is 0.394. The molecule has 0 saturated heterocycles. The number of methoxy groups -OCH3 is 1.